The number of rotatable bonds is 10. The molecule has 7 nitrogen and oxygen atoms in total. The number of aromatic nitrogens is 2. The molecule has 1 N–H and O–H groups in total. The molecular formula is C25H31N3O4. The highest BCUT2D eigenvalue weighted by molar-refractivity contribution is 5.81. The fourth-order valence-electron chi connectivity index (χ4n) is 3.76. The zero-order valence-electron chi connectivity index (χ0n) is 19.1. The van der Waals surface area contributed by atoms with Gasteiger partial charge in [0.15, 0.2) is 11.5 Å². The highest BCUT2D eigenvalue weighted by Gasteiger charge is 2.16. The minimum atomic E-state index is -0.168. The minimum Gasteiger partial charge on any atom is -0.493 e. The van der Waals surface area contributed by atoms with Crippen molar-refractivity contribution in [2.75, 3.05) is 14.2 Å². The van der Waals surface area contributed by atoms with Gasteiger partial charge in [0.2, 0.25) is 5.91 Å². The summed E-state index contributed by atoms with van der Waals surface area (Å²) in [6.07, 6.45) is 3.25. The van der Waals surface area contributed by atoms with Crippen molar-refractivity contribution in [3.63, 3.8) is 0 Å². The number of nitrogens with zero attached hydrogens (tertiary/aromatic N) is 2. The van der Waals surface area contributed by atoms with Crippen molar-refractivity contribution in [1.29, 1.82) is 0 Å². The number of hydrogen-bond acceptors (Lipinski definition) is 5. The Morgan fingerprint density at radius 3 is 2.44 bits per heavy atom. The van der Waals surface area contributed by atoms with Crippen LogP contribution in [0, 0.1) is 5.92 Å². The molecule has 0 bridgehead atoms. The van der Waals surface area contributed by atoms with E-state index >= 15 is 0 Å². The Bertz CT molecular complexity index is 1110. The lowest BCUT2D eigenvalue weighted by Gasteiger charge is -2.21. The summed E-state index contributed by atoms with van der Waals surface area (Å²) in [4.78, 5) is 29.9. The maximum absolute atomic E-state index is 12.9. The number of benzene rings is 2. The van der Waals surface area contributed by atoms with Gasteiger partial charge >= 0.3 is 0 Å². The summed E-state index contributed by atoms with van der Waals surface area (Å²) in [5.74, 6) is 1.44. The quantitative estimate of drug-likeness (QED) is 0.516. The average Bonchev–Trinajstić information content (AvgIpc) is 2.79. The van der Waals surface area contributed by atoms with E-state index in [2.05, 4.69) is 24.1 Å². The van der Waals surface area contributed by atoms with Gasteiger partial charge in [0, 0.05) is 19.0 Å². The smallest absolute Gasteiger partial charge is 0.261 e. The summed E-state index contributed by atoms with van der Waals surface area (Å²) >= 11 is 0. The number of amides is 1. The predicted octanol–water partition coefficient (Wildman–Crippen LogP) is 4.10. The highest BCUT2D eigenvalue weighted by atomic mass is 16.5. The third kappa shape index (κ3) is 5.66. The topological polar surface area (TPSA) is 82.5 Å². The lowest BCUT2D eigenvalue weighted by atomic mass is 9.97. The SMILES string of the molecule is COc1cc2ncn(CCCC(=O)NC(CC(C)C)c3ccccc3)c(=O)c2cc1OC. The van der Waals surface area contributed by atoms with Crippen molar-refractivity contribution in [3.05, 3.63) is 64.7 Å². The van der Waals surface area contributed by atoms with E-state index in [1.54, 1.807) is 19.2 Å². The van der Waals surface area contributed by atoms with Crippen LogP contribution in [0.2, 0.25) is 0 Å². The van der Waals surface area contributed by atoms with Crippen LogP contribution in [0.4, 0.5) is 0 Å². The first-order valence-corrected chi connectivity index (χ1v) is 10.9. The Balaban J connectivity index is 1.65. The van der Waals surface area contributed by atoms with Crippen LogP contribution in [0.15, 0.2) is 53.6 Å². The summed E-state index contributed by atoms with van der Waals surface area (Å²) in [7, 11) is 3.07. The van der Waals surface area contributed by atoms with Gasteiger partial charge in [-0.1, -0.05) is 44.2 Å². The Morgan fingerprint density at radius 2 is 1.78 bits per heavy atom. The van der Waals surface area contributed by atoms with E-state index < -0.39 is 0 Å². The summed E-state index contributed by atoms with van der Waals surface area (Å²) < 4.78 is 12.1. The molecule has 0 radical (unpaired) electrons. The number of hydrogen-bond donors (Lipinski definition) is 1. The zero-order valence-corrected chi connectivity index (χ0v) is 19.1. The molecule has 32 heavy (non-hydrogen) atoms. The number of aryl methyl sites for hydroxylation is 1. The lowest BCUT2D eigenvalue weighted by molar-refractivity contribution is -0.122. The maximum Gasteiger partial charge on any atom is 0.261 e. The second-order valence-electron chi connectivity index (χ2n) is 8.23. The Hall–Kier alpha value is -3.35. The van der Waals surface area contributed by atoms with Gasteiger partial charge < -0.3 is 14.8 Å². The van der Waals surface area contributed by atoms with Crippen molar-refractivity contribution in [2.24, 2.45) is 5.92 Å². The molecule has 0 saturated carbocycles. The first-order chi connectivity index (χ1) is 15.4. The molecule has 1 amide bonds. The predicted molar refractivity (Wildman–Crippen MR) is 125 cm³/mol. The van der Waals surface area contributed by atoms with E-state index in [0.717, 1.165) is 12.0 Å². The third-order valence-electron chi connectivity index (χ3n) is 5.38. The molecule has 0 fully saturated rings. The fourth-order valence-corrected chi connectivity index (χ4v) is 3.76. The molecule has 170 valence electrons. The van der Waals surface area contributed by atoms with Gasteiger partial charge in [0.25, 0.3) is 5.56 Å². The summed E-state index contributed by atoms with van der Waals surface area (Å²) in [5.41, 5.74) is 1.48. The van der Waals surface area contributed by atoms with Crippen LogP contribution in [0.25, 0.3) is 10.9 Å². The van der Waals surface area contributed by atoms with E-state index in [1.165, 1.54) is 18.0 Å². The third-order valence-corrected chi connectivity index (χ3v) is 5.38. The van der Waals surface area contributed by atoms with Gasteiger partial charge in [0.05, 0.1) is 37.5 Å². The minimum absolute atomic E-state index is 0.0174. The van der Waals surface area contributed by atoms with Crippen molar-refractivity contribution < 1.29 is 14.3 Å². The largest absolute Gasteiger partial charge is 0.493 e. The lowest BCUT2D eigenvalue weighted by Crippen LogP contribution is -2.30. The number of nitrogens with one attached hydrogen (secondary N) is 1. The molecule has 1 unspecified atom stereocenters. The molecule has 1 aromatic heterocycles. The van der Waals surface area contributed by atoms with Crippen molar-refractivity contribution in [3.8, 4) is 11.5 Å². The van der Waals surface area contributed by atoms with E-state index in [4.69, 9.17) is 9.47 Å². The number of fused-ring (bicyclic) bond motifs is 1. The molecule has 3 rings (SSSR count). The van der Waals surface area contributed by atoms with Gasteiger partial charge in [-0.15, -0.1) is 0 Å². The monoisotopic (exact) mass is 437 g/mol. The highest BCUT2D eigenvalue weighted by Crippen LogP contribution is 2.29. The summed E-state index contributed by atoms with van der Waals surface area (Å²) in [5, 5.41) is 3.60. The second-order valence-corrected chi connectivity index (χ2v) is 8.23. The first-order valence-electron chi connectivity index (χ1n) is 10.9. The van der Waals surface area contributed by atoms with E-state index in [1.807, 2.05) is 30.3 Å². The number of methoxy groups -OCH3 is 2. The van der Waals surface area contributed by atoms with Crippen molar-refractivity contribution >= 4 is 16.8 Å². The second kappa shape index (κ2) is 10.8. The van der Waals surface area contributed by atoms with E-state index in [0.29, 0.717) is 47.7 Å². The first kappa shape index (κ1) is 23.3. The van der Waals surface area contributed by atoms with Gasteiger partial charge in [-0.25, -0.2) is 4.98 Å². The Morgan fingerprint density at radius 1 is 1.09 bits per heavy atom. The van der Waals surface area contributed by atoms with Crippen LogP contribution < -0.4 is 20.3 Å². The van der Waals surface area contributed by atoms with Crippen LogP contribution in [0.5, 0.6) is 11.5 Å². The van der Waals surface area contributed by atoms with Crippen LogP contribution >= 0.6 is 0 Å². The van der Waals surface area contributed by atoms with Crippen LogP contribution in [0.1, 0.15) is 44.7 Å². The zero-order chi connectivity index (χ0) is 23.1. The van der Waals surface area contributed by atoms with E-state index in [9.17, 15) is 9.59 Å². The number of ether oxygens (including phenoxy) is 2. The van der Waals surface area contributed by atoms with Gasteiger partial charge in [-0.3, -0.25) is 14.2 Å². The van der Waals surface area contributed by atoms with E-state index in [-0.39, 0.29) is 17.5 Å². The molecule has 1 atom stereocenters. The Labute approximate surface area is 188 Å². The number of carbonyl (C=O) groups is 1. The molecule has 7 heteroatoms. The number of carbonyl (C=O) groups excluding carboxylic acids is 1. The molecule has 0 aliphatic heterocycles. The maximum atomic E-state index is 12.9. The molecule has 3 aromatic rings. The van der Waals surface area contributed by atoms with Gasteiger partial charge in [-0.05, 0) is 30.4 Å². The standard InChI is InChI=1S/C25H31N3O4/c1-17(2)13-20(18-9-6-5-7-10-18)27-24(29)11-8-12-28-16-26-21-15-23(32-4)22(31-3)14-19(21)25(28)30/h5-7,9-10,14-17,20H,8,11-13H2,1-4H3,(H,27,29). The average molecular weight is 438 g/mol. The molecular weight excluding hydrogens is 406 g/mol. The molecule has 1 heterocycles. The Kier molecular flexibility index (Phi) is 7.87. The van der Waals surface area contributed by atoms with Crippen LogP contribution in [0.3, 0.4) is 0 Å². The van der Waals surface area contributed by atoms with Crippen LogP contribution in [-0.4, -0.2) is 29.7 Å². The molecule has 0 aliphatic rings. The normalized spacial score (nSPS) is 12.0. The fraction of sp³-hybridized carbons (Fsp3) is 0.400. The summed E-state index contributed by atoms with van der Waals surface area (Å²) in [6.45, 7) is 4.70. The van der Waals surface area contributed by atoms with Crippen LogP contribution in [-0.2, 0) is 11.3 Å². The molecule has 0 spiro atoms. The molecule has 2 aromatic carbocycles. The molecule has 0 aliphatic carbocycles. The van der Waals surface area contributed by atoms with Crippen molar-refractivity contribution in [2.45, 2.75) is 45.7 Å². The van der Waals surface area contributed by atoms with Gasteiger partial charge in [0.1, 0.15) is 0 Å². The van der Waals surface area contributed by atoms with Crippen molar-refractivity contribution in [1.82, 2.24) is 14.9 Å². The summed E-state index contributed by atoms with van der Waals surface area (Å²) in [6, 6.07) is 13.3. The van der Waals surface area contributed by atoms with Gasteiger partial charge in [-0.2, -0.15) is 0 Å². The molecule has 0 saturated heterocycles.